The fourth-order valence-corrected chi connectivity index (χ4v) is 3.03. The number of hydrogen-bond acceptors (Lipinski definition) is 4. The molecule has 3 rings (SSSR count). The normalized spacial score (nSPS) is 10.8. The molecule has 0 saturated heterocycles. The highest BCUT2D eigenvalue weighted by Crippen LogP contribution is 2.24. The van der Waals surface area contributed by atoms with Crippen LogP contribution in [0.25, 0.3) is 10.9 Å². The Morgan fingerprint density at radius 2 is 1.95 bits per heavy atom. The summed E-state index contributed by atoms with van der Waals surface area (Å²) in [5.41, 5.74) is 2.19. The van der Waals surface area contributed by atoms with Gasteiger partial charge in [0.05, 0.1) is 21.1 Å². The third kappa shape index (κ3) is 2.04. The molecule has 4 heteroatoms. The molecule has 0 aliphatic carbocycles. The molecule has 3 aromatic rings. The van der Waals surface area contributed by atoms with Gasteiger partial charge in [-0.1, -0.05) is 18.2 Å². The molecule has 1 aromatic carbocycles. The van der Waals surface area contributed by atoms with E-state index >= 15 is 0 Å². The van der Waals surface area contributed by atoms with Gasteiger partial charge in [-0.05, 0) is 26.0 Å². The zero-order valence-corrected chi connectivity index (χ0v) is 11.5. The zero-order valence-electron chi connectivity index (χ0n) is 10.7. The van der Waals surface area contributed by atoms with Gasteiger partial charge >= 0.3 is 0 Å². The van der Waals surface area contributed by atoms with E-state index in [1.165, 1.54) is 11.3 Å². The Balaban J connectivity index is 2.19. The van der Waals surface area contributed by atoms with E-state index < -0.39 is 0 Å². The molecular weight excluding hydrogens is 256 g/mol. The predicted octanol–water partition coefficient (Wildman–Crippen LogP) is 3.54. The van der Waals surface area contributed by atoms with Crippen LogP contribution in [0.15, 0.2) is 36.5 Å². The van der Waals surface area contributed by atoms with Gasteiger partial charge in [0.15, 0.2) is 0 Å². The van der Waals surface area contributed by atoms with E-state index in [4.69, 9.17) is 0 Å². The first-order valence-electron chi connectivity index (χ1n) is 5.99. The average Bonchev–Trinajstić information content (AvgIpc) is 2.76. The third-order valence-electron chi connectivity index (χ3n) is 2.99. The minimum atomic E-state index is 0.00685. The van der Waals surface area contributed by atoms with Crippen molar-refractivity contribution in [2.45, 2.75) is 13.8 Å². The van der Waals surface area contributed by atoms with Crippen molar-refractivity contribution in [3.63, 3.8) is 0 Å². The minimum absolute atomic E-state index is 0.00685. The number of hydrogen-bond donors (Lipinski definition) is 0. The topological polar surface area (TPSA) is 42.9 Å². The minimum Gasteiger partial charge on any atom is -0.288 e. The lowest BCUT2D eigenvalue weighted by Gasteiger charge is -2.03. The molecule has 0 amide bonds. The number of aryl methyl sites for hydroxylation is 2. The summed E-state index contributed by atoms with van der Waals surface area (Å²) in [6.07, 6.45) is 1.71. The highest BCUT2D eigenvalue weighted by molar-refractivity contribution is 7.14. The van der Waals surface area contributed by atoms with Crippen LogP contribution in [-0.2, 0) is 0 Å². The summed E-state index contributed by atoms with van der Waals surface area (Å²) in [7, 11) is 0. The Morgan fingerprint density at radius 3 is 2.68 bits per heavy atom. The Kier molecular flexibility index (Phi) is 2.87. The third-order valence-corrected chi connectivity index (χ3v) is 4.06. The van der Waals surface area contributed by atoms with Crippen LogP contribution in [0.5, 0.6) is 0 Å². The molecule has 0 atom stereocenters. The first-order chi connectivity index (χ1) is 9.16. The molecular formula is C15H12N2OS. The molecule has 3 nitrogen and oxygen atoms in total. The molecule has 0 spiro atoms. The maximum atomic E-state index is 12.6. The lowest BCUT2D eigenvalue weighted by atomic mass is 10.0. The van der Waals surface area contributed by atoms with E-state index in [0.29, 0.717) is 10.4 Å². The average molecular weight is 268 g/mol. The van der Waals surface area contributed by atoms with E-state index in [9.17, 15) is 4.79 Å². The molecule has 0 bridgehead atoms. The summed E-state index contributed by atoms with van der Waals surface area (Å²) in [5, 5.41) is 1.89. The SMILES string of the molecule is Cc1nc(C)c(C(=O)c2cccc3cccnc23)s1. The van der Waals surface area contributed by atoms with E-state index in [2.05, 4.69) is 9.97 Å². The van der Waals surface area contributed by atoms with E-state index in [1.807, 2.05) is 44.2 Å². The second-order valence-electron chi connectivity index (χ2n) is 4.36. The first kappa shape index (κ1) is 12.0. The van der Waals surface area contributed by atoms with Crippen LogP contribution in [0.2, 0.25) is 0 Å². The summed E-state index contributed by atoms with van der Waals surface area (Å²) < 4.78 is 0. The number of ketones is 1. The van der Waals surface area contributed by atoms with Crippen molar-refractivity contribution in [2.24, 2.45) is 0 Å². The number of rotatable bonds is 2. The Labute approximate surface area is 115 Å². The molecule has 0 unspecified atom stereocenters. The number of carbonyl (C=O) groups excluding carboxylic acids is 1. The molecule has 0 fully saturated rings. The van der Waals surface area contributed by atoms with Crippen molar-refractivity contribution < 1.29 is 4.79 Å². The maximum Gasteiger partial charge on any atom is 0.207 e. The number of thiazole rings is 1. The Bertz CT molecular complexity index is 771. The number of para-hydroxylation sites is 1. The van der Waals surface area contributed by atoms with Crippen molar-refractivity contribution in [3.05, 3.63) is 57.7 Å². The number of aromatic nitrogens is 2. The summed E-state index contributed by atoms with van der Waals surface area (Å²) in [6, 6.07) is 9.51. The van der Waals surface area contributed by atoms with E-state index in [0.717, 1.165) is 21.6 Å². The first-order valence-corrected chi connectivity index (χ1v) is 6.81. The van der Waals surface area contributed by atoms with E-state index in [1.54, 1.807) is 6.20 Å². The summed E-state index contributed by atoms with van der Waals surface area (Å²) in [6.45, 7) is 3.78. The fraction of sp³-hybridized carbons (Fsp3) is 0.133. The molecule has 0 aliphatic rings. The lowest BCUT2D eigenvalue weighted by Crippen LogP contribution is -2.02. The second-order valence-corrected chi connectivity index (χ2v) is 5.56. The number of fused-ring (bicyclic) bond motifs is 1. The molecule has 0 N–H and O–H groups in total. The van der Waals surface area contributed by atoms with Crippen molar-refractivity contribution >= 4 is 28.0 Å². The maximum absolute atomic E-state index is 12.6. The molecule has 0 saturated carbocycles. The number of benzene rings is 1. The largest absolute Gasteiger partial charge is 0.288 e. The zero-order chi connectivity index (χ0) is 13.4. The van der Waals surface area contributed by atoms with Gasteiger partial charge in [0.1, 0.15) is 0 Å². The van der Waals surface area contributed by atoms with Crippen LogP contribution >= 0.6 is 11.3 Å². The quantitative estimate of drug-likeness (QED) is 0.668. The smallest absolute Gasteiger partial charge is 0.207 e. The Morgan fingerprint density at radius 1 is 1.16 bits per heavy atom. The van der Waals surface area contributed by atoms with Crippen LogP contribution in [0.3, 0.4) is 0 Å². The fourth-order valence-electron chi connectivity index (χ4n) is 2.15. The van der Waals surface area contributed by atoms with Gasteiger partial charge in [-0.15, -0.1) is 11.3 Å². The highest BCUT2D eigenvalue weighted by atomic mass is 32.1. The molecule has 2 aromatic heterocycles. The highest BCUT2D eigenvalue weighted by Gasteiger charge is 2.18. The summed E-state index contributed by atoms with van der Waals surface area (Å²) in [4.78, 5) is 22.0. The monoisotopic (exact) mass is 268 g/mol. The predicted molar refractivity (Wildman–Crippen MR) is 76.8 cm³/mol. The molecule has 0 radical (unpaired) electrons. The molecule has 0 aliphatic heterocycles. The molecule has 94 valence electrons. The lowest BCUT2D eigenvalue weighted by molar-refractivity contribution is 0.104. The van der Waals surface area contributed by atoms with Crippen LogP contribution < -0.4 is 0 Å². The van der Waals surface area contributed by atoms with Crippen molar-refractivity contribution in [1.29, 1.82) is 0 Å². The number of nitrogens with zero attached hydrogens (tertiary/aromatic N) is 2. The number of carbonyl (C=O) groups is 1. The second kappa shape index (κ2) is 4.55. The number of pyridine rings is 1. The van der Waals surface area contributed by atoms with Crippen LogP contribution in [0.1, 0.15) is 25.9 Å². The van der Waals surface area contributed by atoms with Crippen LogP contribution in [0, 0.1) is 13.8 Å². The van der Waals surface area contributed by atoms with Crippen LogP contribution in [0.4, 0.5) is 0 Å². The van der Waals surface area contributed by atoms with Crippen molar-refractivity contribution in [2.75, 3.05) is 0 Å². The summed E-state index contributed by atoms with van der Waals surface area (Å²) in [5.74, 6) is 0.00685. The van der Waals surface area contributed by atoms with Gasteiger partial charge in [-0.3, -0.25) is 9.78 Å². The van der Waals surface area contributed by atoms with Crippen molar-refractivity contribution in [1.82, 2.24) is 9.97 Å². The van der Waals surface area contributed by atoms with E-state index in [-0.39, 0.29) is 5.78 Å². The van der Waals surface area contributed by atoms with Gasteiger partial charge in [0.2, 0.25) is 5.78 Å². The van der Waals surface area contributed by atoms with Crippen molar-refractivity contribution in [3.8, 4) is 0 Å². The Hall–Kier alpha value is -2.07. The van der Waals surface area contributed by atoms with Gasteiger partial charge in [0.25, 0.3) is 0 Å². The van der Waals surface area contributed by atoms with Gasteiger partial charge in [-0.2, -0.15) is 0 Å². The summed E-state index contributed by atoms with van der Waals surface area (Å²) >= 11 is 1.44. The standard InChI is InChI=1S/C15H12N2OS/c1-9-15(19-10(2)17-9)14(18)12-7-3-5-11-6-4-8-16-13(11)12/h3-8H,1-2H3. The van der Waals surface area contributed by atoms with Gasteiger partial charge in [0, 0.05) is 17.1 Å². The van der Waals surface area contributed by atoms with Crippen LogP contribution in [-0.4, -0.2) is 15.8 Å². The van der Waals surface area contributed by atoms with Gasteiger partial charge < -0.3 is 0 Å². The van der Waals surface area contributed by atoms with Gasteiger partial charge in [-0.25, -0.2) is 4.98 Å². The molecule has 2 heterocycles. The molecule has 19 heavy (non-hydrogen) atoms.